The van der Waals surface area contributed by atoms with Gasteiger partial charge in [0.25, 0.3) is 0 Å². The quantitative estimate of drug-likeness (QED) is 0.848. The van der Waals surface area contributed by atoms with Crippen LogP contribution in [0.15, 0.2) is 11.6 Å². The predicted octanol–water partition coefficient (Wildman–Crippen LogP) is 2.39. The van der Waals surface area contributed by atoms with E-state index in [0.29, 0.717) is 11.2 Å². The van der Waals surface area contributed by atoms with Crippen LogP contribution in [0, 0.1) is 0 Å². The van der Waals surface area contributed by atoms with E-state index < -0.39 is 0 Å². The molecule has 134 valence electrons. The summed E-state index contributed by atoms with van der Waals surface area (Å²) in [6, 6.07) is 0.120. The molecule has 0 aromatic carbocycles. The fourth-order valence-electron chi connectivity index (χ4n) is 3.24. The highest BCUT2D eigenvalue weighted by atomic mass is 32.1. The molecule has 25 heavy (non-hydrogen) atoms. The van der Waals surface area contributed by atoms with Crippen molar-refractivity contribution in [2.75, 3.05) is 41.3 Å². The van der Waals surface area contributed by atoms with E-state index in [1.165, 1.54) is 24.2 Å². The lowest BCUT2D eigenvalue weighted by molar-refractivity contribution is 0.248. The summed E-state index contributed by atoms with van der Waals surface area (Å²) in [6.45, 7) is 3.58. The Labute approximate surface area is 154 Å². The number of rotatable bonds is 4. The molecule has 2 aliphatic rings. The van der Waals surface area contributed by atoms with Crippen LogP contribution >= 0.6 is 22.7 Å². The molecule has 0 unspecified atom stereocenters. The van der Waals surface area contributed by atoms with E-state index in [2.05, 4.69) is 35.6 Å². The third-order valence-corrected chi connectivity index (χ3v) is 6.30. The van der Waals surface area contributed by atoms with Crippen molar-refractivity contribution in [2.24, 2.45) is 0 Å². The number of urea groups is 1. The van der Waals surface area contributed by atoms with Crippen LogP contribution in [-0.4, -0.2) is 53.4 Å². The van der Waals surface area contributed by atoms with E-state index in [1.54, 1.807) is 11.3 Å². The van der Waals surface area contributed by atoms with Gasteiger partial charge in [-0.15, -0.1) is 21.5 Å². The molecule has 1 aliphatic carbocycles. The van der Waals surface area contributed by atoms with Crippen molar-refractivity contribution < 1.29 is 4.79 Å². The summed E-state index contributed by atoms with van der Waals surface area (Å²) >= 11 is 3.09. The molecule has 2 amide bonds. The Balaban J connectivity index is 1.28. The molecule has 2 aromatic heterocycles. The van der Waals surface area contributed by atoms with E-state index in [-0.39, 0.29) is 6.03 Å². The topological polar surface area (TPSA) is 86.3 Å². The number of amides is 2. The van der Waals surface area contributed by atoms with Gasteiger partial charge in [0, 0.05) is 43.8 Å². The Morgan fingerprint density at radius 3 is 2.48 bits per heavy atom. The first-order valence-corrected chi connectivity index (χ1v) is 10.3. The fraction of sp³-hybridized carbons (Fsp3) is 0.600. The van der Waals surface area contributed by atoms with Gasteiger partial charge in [-0.05, 0) is 12.8 Å². The van der Waals surface area contributed by atoms with Crippen molar-refractivity contribution in [1.82, 2.24) is 20.5 Å². The van der Waals surface area contributed by atoms with E-state index in [0.717, 1.165) is 49.3 Å². The van der Waals surface area contributed by atoms with Crippen molar-refractivity contribution in [2.45, 2.75) is 31.7 Å². The van der Waals surface area contributed by atoms with Crippen LogP contribution in [0.5, 0.6) is 0 Å². The molecule has 0 radical (unpaired) electrons. The van der Waals surface area contributed by atoms with Gasteiger partial charge in [0.15, 0.2) is 5.13 Å². The van der Waals surface area contributed by atoms with Gasteiger partial charge in [0.05, 0.1) is 0 Å². The van der Waals surface area contributed by atoms with Gasteiger partial charge in [-0.25, -0.2) is 9.78 Å². The minimum Gasteiger partial charge on any atom is -0.345 e. The van der Waals surface area contributed by atoms with E-state index in [9.17, 15) is 4.79 Å². The maximum atomic E-state index is 12.0. The lowest BCUT2D eigenvalue weighted by Gasteiger charge is -2.34. The molecule has 1 saturated heterocycles. The number of nitrogens with zero attached hydrogens (tertiary/aromatic N) is 5. The van der Waals surface area contributed by atoms with Gasteiger partial charge in [0.1, 0.15) is 0 Å². The Morgan fingerprint density at radius 2 is 1.80 bits per heavy atom. The number of nitrogens with one attached hydrogen (secondary N) is 2. The van der Waals surface area contributed by atoms with E-state index in [4.69, 9.17) is 0 Å². The molecule has 2 aromatic rings. The molecule has 1 aliphatic heterocycles. The number of aromatic nitrogens is 3. The highest BCUT2D eigenvalue weighted by Crippen LogP contribution is 2.27. The van der Waals surface area contributed by atoms with Crippen molar-refractivity contribution in [3.05, 3.63) is 11.6 Å². The number of anilines is 3. The summed E-state index contributed by atoms with van der Waals surface area (Å²) in [4.78, 5) is 20.9. The van der Waals surface area contributed by atoms with Gasteiger partial charge in [-0.2, -0.15) is 0 Å². The van der Waals surface area contributed by atoms with Crippen molar-refractivity contribution >= 4 is 44.1 Å². The van der Waals surface area contributed by atoms with E-state index >= 15 is 0 Å². The summed E-state index contributed by atoms with van der Waals surface area (Å²) in [5, 5.41) is 18.6. The Bertz CT molecular complexity index is 691. The Kier molecular flexibility index (Phi) is 4.97. The Morgan fingerprint density at radius 1 is 1.08 bits per heavy atom. The highest BCUT2D eigenvalue weighted by Gasteiger charge is 2.22. The zero-order valence-electron chi connectivity index (χ0n) is 13.8. The summed E-state index contributed by atoms with van der Waals surface area (Å²) in [6.07, 6.45) is 6.36. The first-order chi connectivity index (χ1) is 12.3. The zero-order valence-corrected chi connectivity index (χ0v) is 15.5. The average molecular weight is 380 g/mol. The number of thiazole rings is 1. The first kappa shape index (κ1) is 16.5. The molecule has 3 heterocycles. The van der Waals surface area contributed by atoms with Crippen LogP contribution in [0.4, 0.5) is 20.2 Å². The summed E-state index contributed by atoms with van der Waals surface area (Å²) in [5.74, 6) is 0. The first-order valence-electron chi connectivity index (χ1n) is 8.58. The SMILES string of the molecule is O=C(Nc1nnc(N2CCN(c3nccs3)CC2)s1)NC1CCCC1. The molecule has 4 rings (SSSR count). The highest BCUT2D eigenvalue weighted by molar-refractivity contribution is 7.19. The molecular weight excluding hydrogens is 358 g/mol. The molecule has 0 bridgehead atoms. The molecular formula is C15H21N7OS2. The second kappa shape index (κ2) is 7.52. The van der Waals surface area contributed by atoms with Crippen LogP contribution in [0.3, 0.4) is 0 Å². The standard InChI is InChI=1S/C15H21N7OS2/c23-12(17-11-3-1-2-4-11)18-13-19-20-15(25-13)22-8-6-21(7-9-22)14-16-5-10-24-14/h5,10-11H,1-4,6-9H2,(H2,17,18,19,23). The fourth-order valence-corrected chi connectivity index (χ4v) is 4.73. The van der Waals surface area contributed by atoms with Crippen LogP contribution < -0.4 is 20.4 Å². The van der Waals surface area contributed by atoms with E-state index in [1.807, 2.05) is 11.6 Å². The molecule has 0 spiro atoms. The zero-order chi connectivity index (χ0) is 17.1. The minimum atomic E-state index is -0.178. The lowest BCUT2D eigenvalue weighted by atomic mass is 10.3. The molecule has 1 saturated carbocycles. The Hall–Kier alpha value is -1.94. The maximum Gasteiger partial charge on any atom is 0.321 e. The summed E-state index contributed by atoms with van der Waals surface area (Å²) < 4.78 is 0. The smallest absolute Gasteiger partial charge is 0.321 e. The van der Waals surface area contributed by atoms with Gasteiger partial charge < -0.3 is 15.1 Å². The number of hydrogen-bond acceptors (Lipinski definition) is 8. The predicted molar refractivity (Wildman–Crippen MR) is 101 cm³/mol. The van der Waals surface area contributed by atoms with Crippen molar-refractivity contribution in [1.29, 1.82) is 0 Å². The number of piperazine rings is 1. The second-order valence-corrected chi connectivity index (χ2v) is 8.09. The third kappa shape index (κ3) is 4.01. The monoisotopic (exact) mass is 379 g/mol. The van der Waals surface area contributed by atoms with Crippen LogP contribution in [0.1, 0.15) is 25.7 Å². The molecule has 8 nitrogen and oxygen atoms in total. The second-order valence-electron chi connectivity index (χ2n) is 6.26. The van der Waals surface area contributed by atoms with Crippen LogP contribution in [-0.2, 0) is 0 Å². The maximum absolute atomic E-state index is 12.0. The molecule has 2 N–H and O–H groups in total. The van der Waals surface area contributed by atoms with Gasteiger partial charge in [-0.3, -0.25) is 5.32 Å². The molecule has 10 heteroatoms. The number of hydrogen-bond donors (Lipinski definition) is 2. The van der Waals surface area contributed by atoms with Crippen molar-refractivity contribution in [3.63, 3.8) is 0 Å². The molecule has 2 fully saturated rings. The summed E-state index contributed by atoms with van der Waals surface area (Å²) in [7, 11) is 0. The van der Waals surface area contributed by atoms with Gasteiger partial charge >= 0.3 is 6.03 Å². The largest absolute Gasteiger partial charge is 0.345 e. The molecule has 0 atom stereocenters. The number of carbonyl (C=O) groups is 1. The average Bonchev–Trinajstić information content (AvgIpc) is 3.38. The third-order valence-electron chi connectivity index (χ3n) is 4.57. The van der Waals surface area contributed by atoms with Crippen molar-refractivity contribution in [3.8, 4) is 0 Å². The summed E-state index contributed by atoms with van der Waals surface area (Å²) in [5.41, 5.74) is 0. The van der Waals surface area contributed by atoms with Gasteiger partial charge in [0.2, 0.25) is 10.3 Å². The minimum absolute atomic E-state index is 0.178. The normalized spacial score (nSPS) is 18.6. The van der Waals surface area contributed by atoms with Crippen LogP contribution in [0.25, 0.3) is 0 Å². The van der Waals surface area contributed by atoms with Gasteiger partial charge in [-0.1, -0.05) is 24.2 Å². The van der Waals surface area contributed by atoms with Crippen LogP contribution in [0.2, 0.25) is 0 Å². The number of carbonyl (C=O) groups excluding carboxylic acids is 1. The lowest BCUT2D eigenvalue weighted by Crippen LogP contribution is -2.46.